The average Bonchev–Trinajstić information content (AvgIpc) is 3.71. The maximum atomic E-state index is 13.4. The number of nitrogens with one attached hydrogen (secondary N) is 3. The Bertz CT molecular complexity index is 1420. The second-order valence-electron chi connectivity index (χ2n) is 10.3. The summed E-state index contributed by atoms with van der Waals surface area (Å²) in [6, 6.07) is 13.6. The van der Waals surface area contributed by atoms with Gasteiger partial charge in [-0.05, 0) is 54.8 Å². The van der Waals surface area contributed by atoms with Gasteiger partial charge in [-0.25, -0.2) is 0 Å². The Balaban J connectivity index is 1.27. The molecule has 1 saturated heterocycles. The Kier molecular flexibility index (Phi) is 7.02. The fourth-order valence-corrected chi connectivity index (χ4v) is 5.04. The number of H-pyrrole nitrogens is 1. The van der Waals surface area contributed by atoms with Crippen molar-refractivity contribution in [3.05, 3.63) is 71.0 Å². The highest BCUT2D eigenvalue weighted by Gasteiger charge is 2.36. The number of ether oxygens (including phenoxy) is 3. The van der Waals surface area contributed by atoms with E-state index < -0.39 is 6.04 Å². The van der Waals surface area contributed by atoms with Crippen LogP contribution in [0, 0.1) is 0 Å². The Morgan fingerprint density at radius 1 is 1.07 bits per heavy atom. The number of hydrogen-bond acceptors (Lipinski definition) is 7. The maximum absolute atomic E-state index is 13.4. The fraction of sp³-hybridized carbons (Fsp3) is 0.379. The molecule has 208 valence electrons. The minimum Gasteiger partial charge on any atom is -0.493 e. The Labute approximate surface area is 231 Å². The molecule has 4 heterocycles. The van der Waals surface area contributed by atoms with Gasteiger partial charge in [0.1, 0.15) is 17.5 Å². The van der Waals surface area contributed by atoms with Crippen molar-refractivity contribution in [2.75, 3.05) is 26.8 Å². The van der Waals surface area contributed by atoms with E-state index in [4.69, 9.17) is 14.2 Å². The zero-order valence-corrected chi connectivity index (χ0v) is 22.1. The lowest BCUT2D eigenvalue weighted by molar-refractivity contribution is -0.123. The lowest BCUT2D eigenvalue weighted by Gasteiger charge is -2.38. The molecule has 0 unspecified atom stereocenters. The molecule has 4 aliphatic rings. The van der Waals surface area contributed by atoms with Crippen LogP contribution in [0.4, 0.5) is 0 Å². The first-order valence-corrected chi connectivity index (χ1v) is 13.5. The quantitative estimate of drug-likeness (QED) is 0.460. The first-order valence-electron chi connectivity index (χ1n) is 13.5. The molecule has 40 heavy (non-hydrogen) atoms. The number of nitrogens with zero attached hydrogens (tertiary/aromatic N) is 2. The van der Waals surface area contributed by atoms with Gasteiger partial charge in [0.15, 0.2) is 18.1 Å². The smallest absolute Gasteiger partial charge is 0.274 e. The number of likely N-dealkylation sites (tertiary alicyclic amines) is 1. The predicted octanol–water partition coefficient (Wildman–Crippen LogP) is 2.40. The molecule has 3 aromatic rings. The summed E-state index contributed by atoms with van der Waals surface area (Å²) >= 11 is 0. The summed E-state index contributed by atoms with van der Waals surface area (Å²) in [7, 11) is 1.49. The number of carbonyl (C=O) groups is 3. The SMILES string of the molecule is COc1ccc2cc1OCC(=O)NCc1ccc(cc1)O[C@@H]1CCN(C(=O)c3cc(C4CC4)[nH]n3)C[C@@H]1NC2=O. The van der Waals surface area contributed by atoms with Crippen molar-refractivity contribution in [2.45, 2.75) is 43.9 Å². The molecule has 11 nitrogen and oxygen atoms in total. The number of aromatic nitrogens is 2. The van der Waals surface area contributed by atoms with E-state index in [0.717, 1.165) is 24.1 Å². The van der Waals surface area contributed by atoms with Gasteiger partial charge < -0.3 is 29.7 Å². The van der Waals surface area contributed by atoms with Gasteiger partial charge in [0.05, 0.1) is 13.2 Å². The number of fused-ring (bicyclic) bond motifs is 7. The first kappa shape index (κ1) is 25.7. The molecule has 2 aromatic carbocycles. The highest BCUT2D eigenvalue weighted by molar-refractivity contribution is 5.95. The highest BCUT2D eigenvalue weighted by atomic mass is 16.5. The molecule has 2 fully saturated rings. The van der Waals surface area contributed by atoms with Crippen molar-refractivity contribution in [1.29, 1.82) is 0 Å². The van der Waals surface area contributed by atoms with E-state index in [9.17, 15) is 14.4 Å². The third-order valence-electron chi connectivity index (χ3n) is 7.47. The summed E-state index contributed by atoms with van der Waals surface area (Å²) in [5.41, 5.74) is 2.60. The van der Waals surface area contributed by atoms with E-state index in [2.05, 4.69) is 20.8 Å². The number of carbonyl (C=O) groups excluding carboxylic acids is 3. The number of aromatic amines is 1. The number of piperidine rings is 1. The Morgan fingerprint density at radius 2 is 1.90 bits per heavy atom. The van der Waals surface area contributed by atoms with Gasteiger partial charge in [-0.1, -0.05) is 12.1 Å². The summed E-state index contributed by atoms with van der Waals surface area (Å²) in [6.45, 7) is 0.821. The van der Waals surface area contributed by atoms with Crippen LogP contribution >= 0.6 is 0 Å². The van der Waals surface area contributed by atoms with Crippen LogP contribution in [0.3, 0.4) is 0 Å². The van der Waals surface area contributed by atoms with Crippen molar-refractivity contribution in [1.82, 2.24) is 25.7 Å². The van der Waals surface area contributed by atoms with Crippen molar-refractivity contribution in [3.8, 4) is 17.2 Å². The van der Waals surface area contributed by atoms with Gasteiger partial charge in [-0.3, -0.25) is 19.5 Å². The molecule has 3 aliphatic heterocycles. The van der Waals surface area contributed by atoms with Gasteiger partial charge in [-0.2, -0.15) is 5.10 Å². The van der Waals surface area contributed by atoms with Crippen molar-refractivity contribution in [3.63, 3.8) is 0 Å². The van der Waals surface area contributed by atoms with Gasteiger partial charge in [0.2, 0.25) is 0 Å². The van der Waals surface area contributed by atoms with Crippen molar-refractivity contribution >= 4 is 17.7 Å². The van der Waals surface area contributed by atoms with Gasteiger partial charge in [0.25, 0.3) is 17.7 Å². The summed E-state index contributed by atoms with van der Waals surface area (Å²) in [5.74, 6) is 0.928. The molecule has 1 saturated carbocycles. The van der Waals surface area contributed by atoms with Crippen LogP contribution < -0.4 is 24.8 Å². The zero-order valence-electron chi connectivity index (χ0n) is 22.1. The molecule has 11 heteroatoms. The fourth-order valence-electron chi connectivity index (χ4n) is 5.04. The lowest BCUT2D eigenvalue weighted by atomic mass is 10.0. The standard InChI is InChI=1S/C29H31N5O6/c1-38-25-9-6-19-12-26(25)39-16-27(35)30-14-17-2-7-20(8-3-17)40-24-10-11-34(15-23(24)31-28(19)36)29(37)22-13-21(32-33-22)18-4-5-18/h2-3,6-9,12-13,18,23-24H,4-5,10-11,14-16H2,1H3,(H,30,35)(H,31,36)(H,32,33)/t23-,24+/m0/s1. The van der Waals surface area contributed by atoms with Crippen LogP contribution in [0.25, 0.3) is 0 Å². The van der Waals surface area contributed by atoms with E-state index in [1.165, 1.54) is 7.11 Å². The molecule has 7 rings (SSSR count). The zero-order chi connectivity index (χ0) is 27.6. The van der Waals surface area contributed by atoms with E-state index >= 15 is 0 Å². The van der Waals surface area contributed by atoms with E-state index in [1.54, 1.807) is 23.1 Å². The van der Waals surface area contributed by atoms with Gasteiger partial charge >= 0.3 is 0 Å². The average molecular weight is 546 g/mol. The van der Waals surface area contributed by atoms with Crippen LogP contribution in [0.1, 0.15) is 57.3 Å². The summed E-state index contributed by atoms with van der Waals surface area (Å²) in [4.78, 5) is 40.9. The summed E-state index contributed by atoms with van der Waals surface area (Å²) < 4.78 is 17.4. The van der Waals surface area contributed by atoms with E-state index in [-0.39, 0.29) is 42.7 Å². The molecule has 0 spiro atoms. The topological polar surface area (TPSA) is 135 Å². The minimum atomic E-state index is -0.489. The number of methoxy groups -OCH3 is 1. The molecular weight excluding hydrogens is 514 g/mol. The van der Waals surface area contributed by atoms with E-state index in [0.29, 0.717) is 48.2 Å². The van der Waals surface area contributed by atoms with Crippen LogP contribution in [0.5, 0.6) is 17.2 Å². The second-order valence-corrected chi connectivity index (χ2v) is 10.3. The number of rotatable bonds is 3. The van der Waals surface area contributed by atoms with E-state index in [1.807, 2.05) is 30.3 Å². The summed E-state index contributed by atoms with van der Waals surface area (Å²) in [5, 5.41) is 13.1. The molecule has 2 atom stereocenters. The Morgan fingerprint density at radius 3 is 2.67 bits per heavy atom. The molecule has 3 N–H and O–H groups in total. The third kappa shape index (κ3) is 5.58. The Hall–Kier alpha value is -4.54. The minimum absolute atomic E-state index is 0.180. The molecule has 1 aliphatic carbocycles. The largest absolute Gasteiger partial charge is 0.493 e. The lowest BCUT2D eigenvalue weighted by Crippen LogP contribution is -2.58. The van der Waals surface area contributed by atoms with Gasteiger partial charge in [0, 0.05) is 43.2 Å². The summed E-state index contributed by atoms with van der Waals surface area (Å²) in [6.07, 6.45) is 2.37. The van der Waals surface area contributed by atoms with Gasteiger partial charge in [-0.15, -0.1) is 0 Å². The number of hydrogen-bond donors (Lipinski definition) is 3. The molecular formula is C29H31N5O6. The predicted molar refractivity (Wildman–Crippen MR) is 144 cm³/mol. The highest BCUT2D eigenvalue weighted by Crippen LogP contribution is 2.39. The van der Waals surface area contributed by atoms with Crippen molar-refractivity contribution < 1.29 is 28.6 Å². The normalized spacial score (nSPS) is 21.3. The van der Waals surface area contributed by atoms with Crippen LogP contribution in [-0.4, -0.2) is 71.8 Å². The second kappa shape index (κ2) is 10.9. The number of amides is 3. The molecule has 4 bridgehead atoms. The first-order chi connectivity index (χ1) is 19.5. The number of benzene rings is 2. The molecule has 3 amide bonds. The van der Waals surface area contributed by atoms with Crippen LogP contribution in [-0.2, 0) is 11.3 Å². The van der Waals surface area contributed by atoms with Crippen LogP contribution in [0.15, 0.2) is 48.5 Å². The molecule has 1 aromatic heterocycles. The maximum Gasteiger partial charge on any atom is 0.274 e. The molecule has 0 radical (unpaired) electrons. The van der Waals surface area contributed by atoms with Crippen LogP contribution in [0.2, 0.25) is 0 Å². The van der Waals surface area contributed by atoms with Crippen molar-refractivity contribution in [2.24, 2.45) is 0 Å². The monoisotopic (exact) mass is 545 g/mol. The third-order valence-corrected chi connectivity index (χ3v) is 7.47.